The second-order valence-electron chi connectivity index (χ2n) is 5.43. The lowest BCUT2D eigenvalue weighted by Crippen LogP contribution is -2.48. The van der Waals surface area contributed by atoms with Crippen LogP contribution in [0, 0.1) is 3.57 Å². The molecule has 1 aliphatic heterocycles. The molecule has 2 heterocycles. The minimum Gasteiger partial charge on any atom is -0.336 e. The van der Waals surface area contributed by atoms with Crippen LogP contribution in [0.3, 0.4) is 0 Å². The van der Waals surface area contributed by atoms with Gasteiger partial charge in [-0.1, -0.05) is 6.07 Å². The van der Waals surface area contributed by atoms with E-state index >= 15 is 0 Å². The van der Waals surface area contributed by atoms with Gasteiger partial charge in [-0.2, -0.15) is 0 Å². The lowest BCUT2D eigenvalue weighted by Gasteiger charge is -2.34. The molecule has 1 aliphatic rings. The fourth-order valence-electron chi connectivity index (χ4n) is 2.66. The number of benzene rings is 1. The number of nitrogens with zero attached hydrogens (tertiary/aromatic N) is 3. The Balaban J connectivity index is 1.56. The summed E-state index contributed by atoms with van der Waals surface area (Å²) in [6, 6.07) is 11.9. The van der Waals surface area contributed by atoms with E-state index in [0.29, 0.717) is 0 Å². The largest absolute Gasteiger partial charge is 0.336 e. The van der Waals surface area contributed by atoms with Crippen LogP contribution in [-0.4, -0.2) is 46.9 Å². The Hall–Kier alpha value is -1.47. The second-order valence-corrected chi connectivity index (χ2v) is 6.68. The van der Waals surface area contributed by atoms with Crippen LogP contribution in [0.4, 0.5) is 0 Å². The van der Waals surface area contributed by atoms with Crippen LogP contribution < -0.4 is 0 Å². The molecule has 0 N–H and O–H groups in total. The number of carbonyl (C=O) groups excluding carboxylic acids is 1. The third kappa shape index (κ3) is 3.84. The Morgan fingerprint density at radius 1 is 1.09 bits per heavy atom. The number of pyridine rings is 1. The van der Waals surface area contributed by atoms with Crippen molar-refractivity contribution in [3.63, 3.8) is 0 Å². The molecule has 1 amide bonds. The summed E-state index contributed by atoms with van der Waals surface area (Å²) < 4.78 is 1.10. The number of rotatable bonds is 3. The smallest absolute Gasteiger partial charge is 0.253 e. The lowest BCUT2D eigenvalue weighted by molar-refractivity contribution is 0.0628. The van der Waals surface area contributed by atoms with Crippen LogP contribution in [0.2, 0.25) is 0 Å². The number of hydrogen-bond acceptors (Lipinski definition) is 3. The van der Waals surface area contributed by atoms with Gasteiger partial charge in [-0.25, -0.2) is 0 Å². The highest BCUT2D eigenvalue weighted by atomic mass is 127. The SMILES string of the molecule is O=C(c1cccc(I)c1)N1CCN(Cc2ccncc2)CC1. The number of piperazine rings is 1. The van der Waals surface area contributed by atoms with Crippen molar-refractivity contribution in [3.05, 3.63) is 63.5 Å². The van der Waals surface area contributed by atoms with E-state index in [1.54, 1.807) is 0 Å². The predicted octanol–water partition coefficient (Wildman–Crippen LogP) is 2.64. The van der Waals surface area contributed by atoms with Gasteiger partial charge in [0.25, 0.3) is 5.91 Å². The van der Waals surface area contributed by atoms with Gasteiger partial charge in [0.15, 0.2) is 0 Å². The first-order valence-corrected chi connectivity index (χ1v) is 8.46. The maximum Gasteiger partial charge on any atom is 0.253 e. The van der Waals surface area contributed by atoms with Crippen molar-refractivity contribution < 1.29 is 4.79 Å². The highest BCUT2D eigenvalue weighted by Gasteiger charge is 2.22. The Kier molecular flexibility index (Phi) is 5.04. The maximum absolute atomic E-state index is 12.5. The van der Waals surface area contributed by atoms with E-state index in [0.717, 1.165) is 41.9 Å². The van der Waals surface area contributed by atoms with Crippen molar-refractivity contribution in [1.29, 1.82) is 0 Å². The monoisotopic (exact) mass is 407 g/mol. The van der Waals surface area contributed by atoms with Gasteiger partial charge in [-0.05, 0) is 58.5 Å². The molecule has 0 radical (unpaired) electrons. The molecular weight excluding hydrogens is 389 g/mol. The molecule has 1 saturated heterocycles. The summed E-state index contributed by atoms with van der Waals surface area (Å²) in [6.45, 7) is 4.33. The van der Waals surface area contributed by atoms with E-state index in [9.17, 15) is 4.79 Å². The summed E-state index contributed by atoms with van der Waals surface area (Å²) in [5, 5.41) is 0. The standard InChI is InChI=1S/C17H18IN3O/c18-16-3-1-2-15(12-16)17(22)21-10-8-20(9-11-21)13-14-4-6-19-7-5-14/h1-7,12H,8-11,13H2. The van der Waals surface area contributed by atoms with Crippen LogP contribution in [0.25, 0.3) is 0 Å². The van der Waals surface area contributed by atoms with Crippen molar-refractivity contribution in [1.82, 2.24) is 14.8 Å². The van der Waals surface area contributed by atoms with Gasteiger partial charge in [0.2, 0.25) is 0 Å². The maximum atomic E-state index is 12.5. The number of hydrogen-bond donors (Lipinski definition) is 0. The molecule has 0 spiro atoms. The summed E-state index contributed by atoms with van der Waals surface area (Å²) in [5.74, 6) is 0.141. The molecule has 2 aromatic rings. The second kappa shape index (κ2) is 7.19. The molecule has 0 unspecified atom stereocenters. The first kappa shape index (κ1) is 15.4. The highest BCUT2D eigenvalue weighted by molar-refractivity contribution is 14.1. The first-order valence-electron chi connectivity index (χ1n) is 7.38. The zero-order valence-corrected chi connectivity index (χ0v) is 14.4. The summed E-state index contributed by atoms with van der Waals surface area (Å²) in [7, 11) is 0. The van der Waals surface area contributed by atoms with Crippen molar-refractivity contribution in [2.75, 3.05) is 26.2 Å². The fraction of sp³-hybridized carbons (Fsp3) is 0.294. The van der Waals surface area contributed by atoms with Gasteiger partial charge in [0.05, 0.1) is 0 Å². The van der Waals surface area contributed by atoms with Gasteiger partial charge >= 0.3 is 0 Å². The lowest BCUT2D eigenvalue weighted by atomic mass is 10.1. The molecule has 22 heavy (non-hydrogen) atoms. The van der Waals surface area contributed by atoms with Crippen molar-refractivity contribution in [2.24, 2.45) is 0 Å². The summed E-state index contributed by atoms with van der Waals surface area (Å²) in [6.07, 6.45) is 3.65. The van der Waals surface area contributed by atoms with E-state index in [1.807, 2.05) is 53.7 Å². The van der Waals surface area contributed by atoms with Crippen molar-refractivity contribution >= 4 is 28.5 Å². The number of aromatic nitrogens is 1. The van der Waals surface area contributed by atoms with Gasteiger partial charge in [-0.15, -0.1) is 0 Å². The number of halogens is 1. The number of amides is 1. The molecule has 3 rings (SSSR count). The van der Waals surface area contributed by atoms with Crippen LogP contribution in [0.1, 0.15) is 15.9 Å². The fourth-order valence-corrected chi connectivity index (χ4v) is 3.20. The first-order chi connectivity index (χ1) is 10.7. The van der Waals surface area contributed by atoms with Crippen molar-refractivity contribution in [3.8, 4) is 0 Å². The van der Waals surface area contributed by atoms with E-state index in [-0.39, 0.29) is 5.91 Å². The molecule has 0 aliphatic carbocycles. The molecule has 1 aromatic carbocycles. The molecule has 5 heteroatoms. The molecule has 114 valence electrons. The zero-order chi connectivity index (χ0) is 15.4. The van der Waals surface area contributed by atoms with Crippen LogP contribution >= 0.6 is 22.6 Å². The molecule has 1 aromatic heterocycles. The van der Waals surface area contributed by atoms with Gasteiger partial charge in [0.1, 0.15) is 0 Å². The van der Waals surface area contributed by atoms with E-state index in [4.69, 9.17) is 0 Å². The summed E-state index contributed by atoms with van der Waals surface area (Å²) in [5.41, 5.74) is 2.06. The van der Waals surface area contributed by atoms with E-state index < -0.39 is 0 Å². The minimum atomic E-state index is 0.141. The molecule has 1 fully saturated rings. The summed E-state index contributed by atoms with van der Waals surface area (Å²) in [4.78, 5) is 20.9. The quantitative estimate of drug-likeness (QED) is 0.735. The minimum absolute atomic E-state index is 0.141. The molecule has 0 bridgehead atoms. The Morgan fingerprint density at radius 2 is 1.82 bits per heavy atom. The molecule has 0 saturated carbocycles. The number of carbonyl (C=O) groups is 1. The van der Waals surface area contributed by atoms with Crippen LogP contribution in [-0.2, 0) is 6.54 Å². The van der Waals surface area contributed by atoms with Crippen LogP contribution in [0.5, 0.6) is 0 Å². The summed E-state index contributed by atoms with van der Waals surface area (Å²) >= 11 is 2.24. The highest BCUT2D eigenvalue weighted by Crippen LogP contribution is 2.13. The van der Waals surface area contributed by atoms with Crippen molar-refractivity contribution in [2.45, 2.75) is 6.54 Å². The topological polar surface area (TPSA) is 36.4 Å². The van der Waals surface area contributed by atoms with Crippen LogP contribution in [0.15, 0.2) is 48.8 Å². The average Bonchev–Trinajstić information content (AvgIpc) is 2.56. The van der Waals surface area contributed by atoms with Gasteiger partial charge < -0.3 is 4.90 Å². The predicted molar refractivity (Wildman–Crippen MR) is 94.6 cm³/mol. The van der Waals surface area contributed by atoms with Gasteiger partial charge in [-0.3, -0.25) is 14.7 Å². The molecule has 4 nitrogen and oxygen atoms in total. The van der Waals surface area contributed by atoms with Gasteiger partial charge in [0, 0.05) is 54.3 Å². The normalized spacial score (nSPS) is 15.8. The molecular formula is C17H18IN3O. The van der Waals surface area contributed by atoms with E-state index in [1.165, 1.54) is 5.56 Å². The third-order valence-corrected chi connectivity index (χ3v) is 4.56. The zero-order valence-electron chi connectivity index (χ0n) is 12.3. The molecule has 0 atom stereocenters. The Bertz CT molecular complexity index is 639. The average molecular weight is 407 g/mol. The Labute approximate surface area is 144 Å². The third-order valence-electron chi connectivity index (χ3n) is 3.89. The van der Waals surface area contributed by atoms with E-state index in [2.05, 4.69) is 32.5 Å². The Morgan fingerprint density at radius 3 is 2.50 bits per heavy atom.